The molecule has 0 saturated heterocycles. The third kappa shape index (κ3) is 6.95. The van der Waals surface area contributed by atoms with Gasteiger partial charge >= 0.3 is 0 Å². The number of ether oxygens (including phenoxy) is 1. The van der Waals surface area contributed by atoms with Gasteiger partial charge in [-0.3, -0.25) is 20.4 Å². The summed E-state index contributed by atoms with van der Waals surface area (Å²) in [6, 6.07) is 13.4. The van der Waals surface area contributed by atoms with E-state index in [1.54, 1.807) is 13.0 Å². The number of carbonyl (C=O) groups excluding carboxylic acids is 2. The van der Waals surface area contributed by atoms with Gasteiger partial charge in [-0.15, -0.1) is 0 Å². The molecule has 0 aliphatic carbocycles. The fourth-order valence-corrected chi connectivity index (χ4v) is 3.74. The van der Waals surface area contributed by atoms with Gasteiger partial charge in [0.2, 0.25) is 5.91 Å². The molecule has 0 saturated carbocycles. The van der Waals surface area contributed by atoms with Crippen molar-refractivity contribution in [3.63, 3.8) is 0 Å². The number of hydrazine groups is 1. The lowest BCUT2D eigenvalue weighted by atomic mass is 9.96. The molecule has 0 fully saturated rings. The number of nitrogens with one attached hydrogen (secondary N) is 2. The van der Waals surface area contributed by atoms with Crippen LogP contribution in [0.4, 0.5) is 0 Å². The van der Waals surface area contributed by atoms with Gasteiger partial charge in [0.05, 0.1) is 10.4 Å². The van der Waals surface area contributed by atoms with E-state index >= 15 is 0 Å². The molecule has 2 rings (SSSR count). The summed E-state index contributed by atoms with van der Waals surface area (Å²) in [5, 5.41) is 0. The lowest BCUT2D eigenvalue weighted by Gasteiger charge is -2.14. The molecule has 0 aliphatic heterocycles. The average molecular weight is 512 g/mol. The van der Waals surface area contributed by atoms with Crippen LogP contribution in [0.1, 0.15) is 37.8 Å². The number of halogens is 2. The van der Waals surface area contributed by atoms with Crippen LogP contribution in [0.3, 0.4) is 0 Å². The van der Waals surface area contributed by atoms with Crippen molar-refractivity contribution < 1.29 is 14.3 Å². The maximum absolute atomic E-state index is 12.3. The quantitative estimate of drug-likeness (QED) is 0.527. The summed E-state index contributed by atoms with van der Waals surface area (Å²) in [5.74, 6) is 0.0222. The van der Waals surface area contributed by atoms with E-state index in [2.05, 4.69) is 56.6 Å². The second-order valence-corrected chi connectivity index (χ2v) is 8.73. The Balaban J connectivity index is 1.81. The Labute approximate surface area is 182 Å². The van der Waals surface area contributed by atoms with Gasteiger partial charge in [-0.2, -0.15) is 0 Å². The molecule has 1 atom stereocenters. The van der Waals surface area contributed by atoms with Crippen molar-refractivity contribution in [3.05, 3.63) is 62.5 Å². The first-order valence-corrected chi connectivity index (χ1v) is 10.6. The zero-order valence-corrected chi connectivity index (χ0v) is 19.3. The van der Waals surface area contributed by atoms with Crippen molar-refractivity contribution in [2.45, 2.75) is 33.1 Å². The Bertz CT molecular complexity index is 823. The number of hydrogen-bond acceptors (Lipinski definition) is 3. The summed E-state index contributed by atoms with van der Waals surface area (Å²) in [6.45, 7) is 5.94. The van der Waals surface area contributed by atoms with E-state index in [0.717, 1.165) is 20.9 Å². The van der Waals surface area contributed by atoms with Gasteiger partial charge in [-0.25, -0.2) is 0 Å². The van der Waals surface area contributed by atoms with Crippen molar-refractivity contribution in [3.8, 4) is 5.75 Å². The van der Waals surface area contributed by atoms with Crippen LogP contribution in [0.25, 0.3) is 0 Å². The van der Waals surface area contributed by atoms with Crippen molar-refractivity contribution in [1.29, 1.82) is 0 Å². The minimum absolute atomic E-state index is 0.210. The van der Waals surface area contributed by atoms with Crippen molar-refractivity contribution in [1.82, 2.24) is 10.9 Å². The Morgan fingerprint density at radius 1 is 1.00 bits per heavy atom. The van der Waals surface area contributed by atoms with Crippen molar-refractivity contribution in [2.24, 2.45) is 5.92 Å². The fraction of sp³-hybridized carbons (Fsp3) is 0.333. The van der Waals surface area contributed by atoms with Gasteiger partial charge in [0.15, 0.2) is 6.61 Å². The molecule has 0 aromatic heterocycles. The van der Waals surface area contributed by atoms with E-state index < -0.39 is 5.91 Å². The van der Waals surface area contributed by atoms with Gasteiger partial charge in [-0.05, 0) is 64.5 Å². The van der Waals surface area contributed by atoms with E-state index in [9.17, 15) is 9.59 Å². The highest BCUT2D eigenvalue weighted by Crippen LogP contribution is 2.28. The lowest BCUT2D eigenvalue weighted by molar-refractivity contribution is -0.130. The summed E-state index contributed by atoms with van der Waals surface area (Å²) in [7, 11) is 0. The maximum Gasteiger partial charge on any atom is 0.276 e. The Morgan fingerprint density at radius 3 is 2.29 bits per heavy atom. The first kappa shape index (κ1) is 22.4. The third-order valence-corrected chi connectivity index (χ3v) is 5.21. The molecule has 5 nitrogen and oxygen atoms in total. The van der Waals surface area contributed by atoms with Crippen LogP contribution in [-0.2, 0) is 16.0 Å². The molecule has 0 radical (unpaired) electrons. The first-order chi connectivity index (χ1) is 13.3. The summed E-state index contributed by atoms with van der Waals surface area (Å²) in [5.41, 5.74) is 6.98. The smallest absolute Gasteiger partial charge is 0.276 e. The molecule has 0 aliphatic rings. The highest BCUT2D eigenvalue weighted by atomic mass is 79.9. The number of amides is 2. The molecule has 7 heteroatoms. The second kappa shape index (κ2) is 10.6. The number of carbonyl (C=O) groups is 2. The Morgan fingerprint density at radius 2 is 1.68 bits per heavy atom. The van der Waals surface area contributed by atoms with E-state index in [1.165, 1.54) is 5.56 Å². The SMILES string of the molecule is CC(C)Cc1ccc(C(C)C(=O)NNC(=O)COc2ccc(Br)cc2Br)cc1. The van der Waals surface area contributed by atoms with Gasteiger partial charge in [0.25, 0.3) is 5.91 Å². The summed E-state index contributed by atoms with van der Waals surface area (Å²) in [4.78, 5) is 24.2. The van der Waals surface area contributed by atoms with Crippen LogP contribution >= 0.6 is 31.9 Å². The zero-order valence-electron chi connectivity index (χ0n) is 16.1. The topological polar surface area (TPSA) is 67.4 Å². The standard InChI is InChI=1S/C21H24Br2N2O3/c1-13(2)10-15-4-6-16(7-5-15)14(3)21(27)25-24-20(26)12-28-19-9-8-17(22)11-18(19)23/h4-9,11,13-14H,10,12H2,1-3H3,(H,24,26)(H,25,27). The number of rotatable bonds is 7. The van der Waals surface area contributed by atoms with E-state index in [0.29, 0.717) is 11.7 Å². The molecular weight excluding hydrogens is 488 g/mol. The van der Waals surface area contributed by atoms with E-state index in [1.807, 2.05) is 36.4 Å². The molecule has 0 heterocycles. The normalized spacial score (nSPS) is 11.8. The predicted molar refractivity (Wildman–Crippen MR) is 117 cm³/mol. The summed E-state index contributed by atoms with van der Waals surface area (Å²) < 4.78 is 7.07. The number of benzene rings is 2. The van der Waals surface area contributed by atoms with Crippen molar-refractivity contribution in [2.75, 3.05) is 6.61 Å². The lowest BCUT2D eigenvalue weighted by Crippen LogP contribution is -2.45. The molecule has 0 spiro atoms. The highest BCUT2D eigenvalue weighted by molar-refractivity contribution is 9.11. The average Bonchev–Trinajstić information content (AvgIpc) is 2.65. The van der Waals surface area contributed by atoms with Crippen LogP contribution in [0.2, 0.25) is 0 Å². The van der Waals surface area contributed by atoms with E-state index in [4.69, 9.17) is 4.74 Å². The maximum atomic E-state index is 12.3. The molecule has 150 valence electrons. The van der Waals surface area contributed by atoms with Gasteiger partial charge < -0.3 is 4.74 Å². The highest BCUT2D eigenvalue weighted by Gasteiger charge is 2.16. The Kier molecular flexibility index (Phi) is 8.51. The third-order valence-electron chi connectivity index (χ3n) is 4.09. The Hall–Kier alpha value is -1.86. The first-order valence-electron chi connectivity index (χ1n) is 9.01. The number of hydrogen-bond donors (Lipinski definition) is 2. The van der Waals surface area contributed by atoms with Crippen LogP contribution < -0.4 is 15.6 Å². The summed E-state index contributed by atoms with van der Waals surface area (Å²) >= 11 is 6.72. The van der Waals surface area contributed by atoms with Gasteiger partial charge in [0, 0.05) is 4.47 Å². The van der Waals surface area contributed by atoms with Crippen molar-refractivity contribution >= 4 is 43.7 Å². The molecule has 28 heavy (non-hydrogen) atoms. The molecule has 2 amide bonds. The summed E-state index contributed by atoms with van der Waals surface area (Å²) in [6.07, 6.45) is 1.01. The molecule has 1 unspecified atom stereocenters. The minimum Gasteiger partial charge on any atom is -0.483 e. The molecular formula is C21H24Br2N2O3. The molecule has 2 N–H and O–H groups in total. The molecule has 0 bridgehead atoms. The van der Waals surface area contributed by atoms with E-state index in [-0.39, 0.29) is 18.4 Å². The molecule has 2 aromatic carbocycles. The van der Waals surface area contributed by atoms with Gasteiger partial charge in [-0.1, -0.05) is 54.0 Å². The fourth-order valence-electron chi connectivity index (χ4n) is 2.58. The van der Waals surface area contributed by atoms with Crippen LogP contribution in [0.5, 0.6) is 5.75 Å². The van der Waals surface area contributed by atoms with Crippen LogP contribution in [0.15, 0.2) is 51.4 Å². The zero-order chi connectivity index (χ0) is 20.7. The largest absolute Gasteiger partial charge is 0.483 e. The monoisotopic (exact) mass is 510 g/mol. The van der Waals surface area contributed by atoms with Crippen LogP contribution in [0, 0.1) is 5.92 Å². The van der Waals surface area contributed by atoms with Crippen LogP contribution in [-0.4, -0.2) is 18.4 Å². The molecule has 2 aromatic rings. The minimum atomic E-state index is -0.442. The predicted octanol–water partition coefficient (Wildman–Crippen LogP) is 4.74. The van der Waals surface area contributed by atoms with Gasteiger partial charge in [0.1, 0.15) is 5.75 Å². The second-order valence-electron chi connectivity index (χ2n) is 6.96.